The molecule has 0 aliphatic carbocycles. The van der Waals surface area contributed by atoms with E-state index in [1.807, 2.05) is 0 Å². The van der Waals surface area contributed by atoms with Gasteiger partial charge in [-0.3, -0.25) is 23.9 Å². The Morgan fingerprint density at radius 2 is 1.49 bits per heavy atom. The van der Waals surface area contributed by atoms with E-state index < -0.39 is 61.8 Å². The van der Waals surface area contributed by atoms with Crippen molar-refractivity contribution >= 4 is 37.5 Å². The van der Waals surface area contributed by atoms with Crippen LogP contribution in [0, 0.1) is 0 Å². The van der Waals surface area contributed by atoms with Gasteiger partial charge in [0.15, 0.2) is 5.96 Å². The van der Waals surface area contributed by atoms with E-state index >= 15 is 0 Å². The minimum atomic E-state index is -5.11. The SMILES string of the molecule is C[C@H](N)C(=O)N[C@@H](CCCN=C(N)N)C(=O)N[C@H](C(=O)N[C@@H](CCCCN)C(=O)O)[C@@H](C)OP(=O)(O)O. The number of nitrogens with one attached hydrogen (secondary N) is 3. The quantitative estimate of drug-likeness (QED) is 0.0341. The lowest BCUT2D eigenvalue weighted by Crippen LogP contribution is -2.60. The Labute approximate surface area is 214 Å². The first kappa shape index (κ1) is 34.2. The van der Waals surface area contributed by atoms with Gasteiger partial charge in [0.2, 0.25) is 17.7 Å². The van der Waals surface area contributed by atoms with Gasteiger partial charge >= 0.3 is 13.8 Å². The van der Waals surface area contributed by atoms with Crippen molar-refractivity contribution in [3.05, 3.63) is 0 Å². The minimum absolute atomic E-state index is 0.0000167. The number of rotatable bonds is 18. The zero-order valence-corrected chi connectivity index (χ0v) is 21.7. The molecule has 3 amide bonds. The van der Waals surface area contributed by atoms with Crippen LogP contribution in [0.3, 0.4) is 0 Å². The molecular formula is C19H39N8O9P. The first-order valence-electron chi connectivity index (χ1n) is 11.5. The molecule has 0 aromatic carbocycles. The van der Waals surface area contributed by atoms with Gasteiger partial charge in [-0.25, -0.2) is 9.36 Å². The largest absolute Gasteiger partial charge is 0.480 e. The van der Waals surface area contributed by atoms with Crippen LogP contribution < -0.4 is 38.9 Å². The third-order valence-electron chi connectivity index (χ3n) is 4.91. The Hall–Kier alpha value is -2.82. The zero-order chi connectivity index (χ0) is 28.8. The second-order valence-corrected chi connectivity index (χ2v) is 9.46. The second-order valence-electron chi connectivity index (χ2n) is 8.27. The number of aliphatic imine (C=N–C) groups is 1. The summed E-state index contributed by atoms with van der Waals surface area (Å²) in [5.41, 5.74) is 21.5. The number of unbranched alkanes of at least 4 members (excludes halogenated alkanes) is 1. The average Bonchev–Trinajstić information content (AvgIpc) is 2.76. The predicted molar refractivity (Wildman–Crippen MR) is 132 cm³/mol. The van der Waals surface area contributed by atoms with Gasteiger partial charge in [-0.05, 0) is 52.5 Å². The summed E-state index contributed by atoms with van der Waals surface area (Å²) in [6, 6.07) is -5.34. The van der Waals surface area contributed by atoms with Crippen LogP contribution in [0.1, 0.15) is 46.0 Å². The van der Waals surface area contributed by atoms with Crippen molar-refractivity contribution in [3.63, 3.8) is 0 Å². The van der Waals surface area contributed by atoms with Gasteiger partial charge in [0.05, 0.1) is 12.1 Å². The van der Waals surface area contributed by atoms with E-state index in [0.717, 1.165) is 6.92 Å². The summed E-state index contributed by atoms with van der Waals surface area (Å²) in [5.74, 6) is -4.23. The van der Waals surface area contributed by atoms with Crippen molar-refractivity contribution in [2.24, 2.45) is 27.9 Å². The molecule has 5 atom stereocenters. The Morgan fingerprint density at radius 1 is 0.919 bits per heavy atom. The summed E-state index contributed by atoms with van der Waals surface area (Å²) in [6.07, 6.45) is -0.485. The van der Waals surface area contributed by atoms with Crippen LogP contribution in [0.5, 0.6) is 0 Å². The molecule has 37 heavy (non-hydrogen) atoms. The van der Waals surface area contributed by atoms with E-state index in [1.54, 1.807) is 0 Å². The molecule has 0 radical (unpaired) electrons. The fourth-order valence-corrected chi connectivity index (χ4v) is 3.57. The highest BCUT2D eigenvalue weighted by molar-refractivity contribution is 7.46. The van der Waals surface area contributed by atoms with Crippen molar-refractivity contribution in [3.8, 4) is 0 Å². The molecule has 17 nitrogen and oxygen atoms in total. The fraction of sp³-hybridized carbons (Fsp3) is 0.737. The number of nitrogens with two attached hydrogens (primary N) is 4. The molecule has 0 aliphatic heterocycles. The van der Waals surface area contributed by atoms with Gasteiger partial charge in [-0.2, -0.15) is 0 Å². The first-order valence-corrected chi connectivity index (χ1v) is 13.0. The van der Waals surface area contributed by atoms with Crippen LogP contribution in [-0.2, 0) is 28.3 Å². The van der Waals surface area contributed by atoms with E-state index in [2.05, 4.69) is 25.5 Å². The van der Waals surface area contributed by atoms with Crippen molar-refractivity contribution in [1.29, 1.82) is 0 Å². The van der Waals surface area contributed by atoms with Crippen LogP contribution in [0.25, 0.3) is 0 Å². The third-order valence-corrected chi connectivity index (χ3v) is 5.51. The van der Waals surface area contributed by atoms with Gasteiger partial charge < -0.3 is 53.8 Å². The topological polar surface area (TPSA) is 308 Å². The number of hydrogen-bond donors (Lipinski definition) is 10. The van der Waals surface area contributed by atoms with Gasteiger partial charge in [0.25, 0.3) is 0 Å². The lowest BCUT2D eigenvalue weighted by atomic mass is 10.1. The summed E-state index contributed by atoms with van der Waals surface area (Å²) < 4.78 is 15.9. The monoisotopic (exact) mass is 554 g/mol. The number of amides is 3. The molecule has 0 saturated heterocycles. The number of carboxylic acid groups (broad SMARTS) is 1. The molecule has 0 aromatic heterocycles. The molecule has 14 N–H and O–H groups in total. The highest BCUT2D eigenvalue weighted by atomic mass is 31.2. The highest BCUT2D eigenvalue weighted by Gasteiger charge is 2.36. The normalized spacial score (nSPS) is 15.4. The molecule has 0 saturated carbocycles. The summed E-state index contributed by atoms with van der Waals surface area (Å²) in [4.78, 5) is 71.8. The number of phosphoric acid groups is 1. The Balaban J connectivity index is 5.83. The fourth-order valence-electron chi connectivity index (χ4n) is 3.01. The van der Waals surface area contributed by atoms with E-state index in [9.17, 15) is 38.6 Å². The number of aliphatic carboxylic acids is 1. The number of carbonyl (C=O) groups excluding carboxylic acids is 3. The molecule has 0 bridgehead atoms. The van der Waals surface area contributed by atoms with Crippen LogP contribution in [0.2, 0.25) is 0 Å². The van der Waals surface area contributed by atoms with Crippen LogP contribution in [-0.4, -0.2) is 87.9 Å². The maximum atomic E-state index is 13.0. The van der Waals surface area contributed by atoms with Crippen molar-refractivity contribution < 1.29 is 43.2 Å². The molecule has 0 aromatic rings. The third kappa shape index (κ3) is 15.1. The van der Waals surface area contributed by atoms with Gasteiger partial charge in [-0.15, -0.1) is 0 Å². The number of hydrogen-bond acceptors (Lipinski definition) is 9. The van der Waals surface area contributed by atoms with Crippen LogP contribution in [0.4, 0.5) is 0 Å². The molecule has 0 heterocycles. The van der Waals surface area contributed by atoms with Crippen LogP contribution in [0.15, 0.2) is 4.99 Å². The number of guanidine groups is 1. The summed E-state index contributed by atoms with van der Waals surface area (Å²) in [5, 5.41) is 16.3. The molecule has 0 spiro atoms. The zero-order valence-electron chi connectivity index (χ0n) is 20.8. The second kappa shape index (κ2) is 16.8. The van der Waals surface area contributed by atoms with E-state index in [-0.39, 0.29) is 31.8 Å². The standard InChI is InChI=1S/C19H39N8O9P/c1-10(21)15(28)25-12(7-5-9-24-19(22)23)16(29)27-14(11(2)36-37(33,34)35)17(30)26-13(18(31)32)6-3-4-8-20/h10-14H,3-9,20-21H2,1-2H3,(H,25,28)(H,26,30)(H,27,29)(H,31,32)(H4,22,23,24)(H2,33,34,35)/t10-,11+,12-,13-,14-/m0/s1. The summed E-state index contributed by atoms with van der Waals surface area (Å²) in [7, 11) is -5.11. The Bertz CT molecular complexity index is 847. The molecule has 214 valence electrons. The van der Waals surface area contributed by atoms with Crippen molar-refractivity contribution in [2.45, 2.75) is 76.2 Å². The lowest BCUT2D eigenvalue weighted by molar-refractivity contribution is -0.143. The average molecular weight is 555 g/mol. The van der Waals surface area contributed by atoms with Gasteiger partial charge in [-0.1, -0.05) is 0 Å². The highest BCUT2D eigenvalue weighted by Crippen LogP contribution is 2.38. The number of carboxylic acids is 1. The van der Waals surface area contributed by atoms with E-state index in [4.69, 9.17) is 22.9 Å². The molecule has 0 unspecified atom stereocenters. The minimum Gasteiger partial charge on any atom is -0.480 e. The van der Waals surface area contributed by atoms with Crippen molar-refractivity contribution in [1.82, 2.24) is 16.0 Å². The maximum absolute atomic E-state index is 13.0. The molecule has 0 fully saturated rings. The number of phosphoric ester groups is 1. The lowest BCUT2D eigenvalue weighted by Gasteiger charge is -2.28. The molecular weight excluding hydrogens is 515 g/mol. The summed E-state index contributed by atoms with van der Waals surface area (Å²) in [6.45, 7) is 2.91. The number of carbonyl (C=O) groups is 4. The van der Waals surface area contributed by atoms with Crippen LogP contribution >= 0.6 is 7.82 Å². The maximum Gasteiger partial charge on any atom is 0.469 e. The van der Waals surface area contributed by atoms with Gasteiger partial charge in [0, 0.05) is 6.54 Å². The molecule has 0 aliphatic rings. The Kier molecular flexibility index (Phi) is 15.5. The first-order chi connectivity index (χ1) is 17.1. The number of nitrogens with zero attached hydrogens (tertiary/aromatic N) is 1. The predicted octanol–water partition coefficient (Wildman–Crippen LogP) is -3.45. The van der Waals surface area contributed by atoms with Crippen molar-refractivity contribution in [2.75, 3.05) is 13.1 Å². The molecule has 18 heteroatoms. The van der Waals surface area contributed by atoms with E-state index in [0.29, 0.717) is 19.4 Å². The smallest absolute Gasteiger partial charge is 0.469 e. The van der Waals surface area contributed by atoms with E-state index in [1.165, 1.54) is 6.92 Å². The Morgan fingerprint density at radius 3 is 1.97 bits per heavy atom. The van der Waals surface area contributed by atoms with Gasteiger partial charge in [0.1, 0.15) is 18.1 Å². The summed E-state index contributed by atoms with van der Waals surface area (Å²) >= 11 is 0. The molecule has 0 rings (SSSR count).